The Kier molecular flexibility index (Phi) is 4.56. The van der Waals surface area contributed by atoms with E-state index in [0.717, 1.165) is 22.7 Å². The Bertz CT molecular complexity index is 823. The van der Waals surface area contributed by atoms with Crippen molar-refractivity contribution in [3.8, 4) is 5.75 Å². The number of hydrogen-bond donors (Lipinski definition) is 1. The van der Waals surface area contributed by atoms with Crippen molar-refractivity contribution in [2.24, 2.45) is 0 Å². The number of hydrogen-bond acceptors (Lipinski definition) is 6. The average molecular weight is 321 g/mol. The molecule has 2 aromatic carbocycles. The van der Waals surface area contributed by atoms with Crippen LogP contribution in [0.15, 0.2) is 54.7 Å². The molecule has 24 heavy (non-hydrogen) atoms. The van der Waals surface area contributed by atoms with Crippen LogP contribution in [0.2, 0.25) is 0 Å². The average Bonchev–Trinajstić information content (AvgIpc) is 2.62. The molecule has 0 saturated heterocycles. The molecule has 3 aromatic rings. The predicted molar refractivity (Wildman–Crippen MR) is 95.3 cm³/mol. The van der Waals surface area contributed by atoms with Gasteiger partial charge in [0.05, 0.1) is 19.0 Å². The van der Waals surface area contributed by atoms with Crippen molar-refractivity contribution >= 4 is 23.1 Å². The summed E-state index contributed by atoms with van der Waals surface area (Å²) in [5, 5.41) is 11.3. The first kappa shape index (κ1) is 15.7. The summed E-state index contributed by atoms with van der Waals surface area (Å²) in [6, 6.07) is 15.8. The summed E-state index contributed by atoms with van der Waals surface area (Å²) in [5.41, 5.74) is 2.94. The SMILES string of the molecule is COc1ccc(C)cc1Nc1nncc(N(C)c2ccccc2)n1. The monoisotopic (exact) mass is 321 g/mol. The fourth-order valence-corrected chi connectivity index (χ4v) is 2.33. The Labute approximate surface area is 141 Å². The number of benzene rings is 2. The number of ether oxygens (including phenoxy) is 1. The minimum atomic E-state index is 0.416. The normalized spacial score (nSPS) is 10.3. The highest BCUT2D eigenvalue weighted by Crippen LogP contribution is 2.28. The smallest absolute Gasteiger partial charge is 0.249 e. The molecule has 0 atom stereocenters. The van der Waals surface area contributed by atoms with Gasteiger partial charge in [0.25, 0.3) is 0 Å². The van der Waals surface area contributed by atoms with Crippen LogP contribution in [-0.2, 0) is 0 Å². The summed E-state index contributed by atoms with van der Waals surface area (Å²) >= 11 is 0. The van der Waals surface area contributed by atoms with E-state index >= 15 is 0 Å². The van der Waals surface area contributed by atoms with E-state index in [9.17, 15) is 0 Å². The molecular formula is C18H19N5O. The molecule has 1 N–H and O–H groups in total. The van der Waals surface area contributed by atoms with Gasteiger partial charge in [0.2, 0.25) is 5.95 Å². The Balaban J connectivity index is 1.87. The van der Waals surface area contributed by atoms with Crippen LogP contribution >= 0.6 is 0 Å². The molecule has 0 amide bonds. The molecular weight excluding hydrogens is 302 g/mol. The number of rotatable bonds is 5. The van der Waals surface area contributed by atoms with Gasteiger partial charge in [-0.15, -0.1) is 5.10 Å². The summed E-state index contributed by atoms with van der Waals surface area (Å²) in [6.45, 7) is 2.02. The van der Waals surface area contributed by atoms with Gasteiger partial charge in [0.15, 0.2) is 5.82 Å². The zero-order valence-corrected chi connectivity index (χ0v) is 13.9. The highest BCUT2D eigenvalue weighted by molar-refractivity contribution is 5.65. The zero-order chi connectivity index (χ0) is 16.9. The van der Waals surface area contributed by atoms with Gasteiger partial charge in [-0.05, 0) is 36.8 Å². The van der Waals surface area contributed by atoms with Gasteiger partial charge in [-0.1, -0.05) is 24.3 Å². The Morgan fingerprint density at radius 1 is 1.08 bits per heavy atom. The molecule has 0 aliphatic carbocycles. The van der Waals surface area contributed by atoms with Gasteiger partial charge in [-0.2, -0.15) is 10.1 Å². The predicted octanol–water partition coefficient (Wildman–Crippen LogP) is 3.70. The minimum absolute atomic E-state index is 0.416. The van der Waals surface area contributed by atoms with Crippen LogP contribution in [0.3, 0.4) is 0 Å². The third-order valence-corrected chi connectivity index (χ3v) is 3.63. The summed E-state index contributed by atoms with van der Waals surface area (Å²) in [7, 11) is 3.57. The van der Waals surface area contributed by atoms with Gasteiger partial charge in [-0.3, -0.25) is 0 Å². The van der Waals surface area contributed by atoms with Crippen LogP contribution in [0.1, 0.15) is 5.56 Å². The first-order valence-electron chi connectivity index (χ1n) is 7.57. The van der Waals surface area contributed by atoms with Crippen LogP contribution in [0, 0.1) is 6.92 Å². The van der Waals surface area contributed by atoms with E-state index in [1.807, 2.05) is 67.4 Å². The molecule has 0 aliphatic heterocycles. The summed E-state index contributed by atoms with van der Waals surface area (Å²) in [6.07, 6.45) is 1.63. The first-order chi connectivity index (χ1) is 11.7. The van der Waals surface area contributed by atoms with Crippen LogP contribution in [0.25, 0.3) is 0 Å². The van der Waals surface area contributed by atoms with Crippen molar-refractivity contribution in [3.63, 3.8) is 0 Å². The summed E-state index contributed by atoms with van der Waals surface area (Å²) < 4.78 is 5.37. The number of nitrogens with zero attached hydrogens (tertiary/aromatic N) is 4. The van der Waals surface area contributed by atoms with E-state index in [0.29, 0.717) is 11.8 Å². The molecule has 0 unspecified atom stereocenters. The molecule has 0 fully saturated rings. The molecule has 0 spiro atoms. The second-order valence-electron chi connectivity index (χ2n) is 5.36. The Hall–Kier alpha value is -3.15. The van der Waals surface area contributed by atoms with Gasteiger partial charge >= 0.3 is 0 Å². The van der Waals surface area contributed by atoms with Gasteiger partial charge < -0.3 is 15.0 Å². The van der Waals surface area contributed by atoms with Crippen LogP contribution < -0.4 is 15.0 Å². The van der Waals surface area contributed by atoms with Crippen LogP contribution in [-0.4, -0.2) is 29.3 Å². The second-order valence-corrected chi connectivity index (χ2v) is 5.36. The molecule has 3 rings (SSSR count). The number of anilines is 4. The van der Waals surface area contributed by atoms with Crippen molar-refractivity contribution < 1.29 is 4.74 Å². The fraction of sp³-hybridized carbons (Fsp3) is 0.167. The molecule has 1 heterocycles. The number of para-hydroxylation sites is 1. The highest BCUT2D eigenvalue weighted by atomic mass is 16.5. The molecule has 6 nitrogen and oxygen atoms in total. The maximum absolute atomic E-state index is 5.37. The maximum atomic E-state index is 5.37. The molecule has 0 saturated carbocycles. The number of nitrogens with one attached hydrogen (secondary N) is 1. The summed E-state index contributed by atoms with van der Waals surface area (Å²) in [5.74, 6) is 1.84. The van der Waals surface area contributed by atoms with E-state index in [4.69, 9.17) is 4.74 Å². The Morgan fingerprint density at radius 3 is 2.62 bits per heavy atom. The van der Waals surface area contributed by atoms with E-state index < -0.39 is 0 Å². The molecule has 0 aliphatic rings. The zero-order valence-electron chi connectivity index (χ0n) is 13.9. The standard InChI is InChI=1S/C18H19N5O/c1-13-9-10-16(24-3)15(11-13)20-18-21-17(12-19-22-18)23(2)14-7-5-4-6-8-14/h4-12H,1-3H3,(H,20,21,22). The number of aryl methyl sites for hydroxylation is 1. The molecule has 0 bridgehead atoms. The van der Waals surface area contributed by atoms with Crippen molar-refractivity contribution in [1.29, 1.82) is 0 Å². The lowest BCUT2D eigenvalue weighted by Gasteiger charge is -2.18. The van der Waals surface area contributed by atoms with Gasteiger partial charge in [0.1, 0.15) is 5.75 Å². The van der Waals surface area contributed by atoms with Crippen LogP contribution in [0.5, 0.6) is 5.75 Å². The highest BCUT2D eigenvalue weighted by Gasteiger charge is 2.10. The van der Waals surface area contributed by atoms with Crippen molar-refractivity contribution in [1.82, 2.24) is 15.2 Å². The van der Waals surface area contributed by atoms with Crippen molar-refractivity contribution in [2.75, 3.05) is 24.4 Å². The van der Waals surface area contributed by atoms with Crippen molar-refractivity contribution in [3.05, 3.63) is 60.3 Å². The lowest BCUT2D eigenvalue weighted by Crippen LogP contribution is -2.13. The third kappa shape index (κ3) is 3.43. The molecule has 122 valence electrons. The first-order valence-corrected chi connectivity index (χ1v) is 7.57. The van der Waals surface area contributed by atoms with Gasteiger partial charge in [0, 0.05) is 12.7 Å². The van der Waals surface area contributed by atoms with E-state index in [-0.39, 0.29) is 0 Å². The molecule has 0 radical (unpaired) electrons. The minimum Gasteiger partial charge on any atom is -0.495 e. The third-order valence-electron chi connectivity index (χ3n) is 3.63. The van der Waals surface area contributed by atoms with E-state index in [2.05, 4.69) is 20.5 Å². The van der Waals surface area contributed by atoms with E-state index in [1.54, 1.807) is 13.3 Å². The molecule has 1 aromatic heterocycles. The summed E-state index contributed by atoms with van der Waals surface area (Å²) in [4.78, 5) is 6.49. The van der Waals surface area contributed by atoms with Crippen LogP contribution in [0.4, 0.5) is 23.1 Å². The lowest BCUT2D eigenvalue weighted by molar-refractivity contribution is 0.416. The second kappa shape index (κ2) is 6.95. The quantitative estimate of drug-likeness (QED) is 0.773. The van der Waals surface area contributed by atoms with Gasteiger partial charge in [-0.25, -0.2) is 0 Å². The fourth-order valence-electron chi connectivity index (χ4n) is 2.33. The Morgan fingerprint density at radius 2 is 1.88 bits per heavy atom. The topological polar surface area (TPSA) is 63.2 Å². The largest absolute Gasteiger partial charge is 0.495 e. The lowest BCUT2D eigenvalue weighted by atomic mass is 10.2. The van der Waals surface area contributed by atoms with E-state index in [1.165, 1.54) is 0 Å². The number of aromatic nitrogens is 3. The number of methoxy groups -OCH3 is 1. The van der Waals surface area contributed by atoms with Crippen molar-refractivity contribution in [2.45, 2.75) is 6.92 Å². The molecule has 6 heteroatoms. The maximum Gasteiger partial charge on any atom is 0.249 e.